The summed E-state index contributed by atoms with van der Waals surface area (Å²) in [5.74, 6) is -0.596. The highest BCUT2D eigenvalue weighted by atomic mass is 127. The molecule has 1 aliphatic rings. The number of morpholine rings is 1. The molecule has 1 fully saturated rings. The SMILES string of the molecule is CC1CN(c2ccc(NC(=O)c3cccc(I)c3)cc2F)CC(C)O1. The fraction of sp³-hybridized carbons (Fsp3) is 0.316. The number of nitrogens with one attached hydrogen (secondary N) is 1. The molecule has 1 heterocycles. The first-order chi connectivity index (χ1) is 11.9. The summed E-state index contributed by atoms with van der Waals surface area (Å²) in [5.41, 5.74) is 1.53. The van der Waals surface area contributed by atoms with E-state index in [0.29, 0.717) is 30.0 Å². The number of amides is 1. The zero-order valence-electron chi connectivity index (χ0n) is 14.1. The Bertz CT molecular complexity index is 774. The van der Waals surface area contributed by atoms with Crippen molar-refractivity contribution in [2.24, 2.45) is 0 Å². The molecule has 0 saturated carbocycles. The number of anilines is 2. The van der Waals surface area contributed by atoms with Gasteiger partial charge in [-0.2, -0.15) is 0 Å². The Kier molecular flexibility index (Phi) is 5.58. The maximum atomic E-state index is 14.6. The molecule has 6 heteroatoms. The molecule has 2 aromatic carbocycles. The topological polar surface area (TPSA) is 41.6 Å². The predicted molar refractivity (Wildman–Crippen MR) is 106 cm³/mol. The summed E-state index contributed by atoms with van der Waals surface area (Å²) < 4.78 is 21.2. The number of hydrogen-bond donors (Lipinski definition) is 1. The Balaban J connectivity index is 1.74. The minimum atomic E-state index is -0.346. The van der Waals surface area contributed by atoms with Crippen molar-refractivity contribution in [2.75, 3.05) is 23.3 Å². The number of carbonyl (C=O) groups is 1. The number of nitrogens with zero attached hydrogens (tertiary/aromatic N) is 1. The Morgan fingerprint density at radius 2 is 1.92 bits per heavy atom. The van der Waals surface area contributed by atoms with Crippen molar-refractivity contribution < 1.29 is 13.9 Å². The molecule has 0 spiro atoms. The van der Waals surface area contributed by atoms with E-state index in [1.807, 2.05) is 30.9 Å². The Morgan fingerprint density at radius 1 is 1.20 bits per heavy atom. The van der Waals surface area contributed by atoms with Crippen molar-refractivity contribution in [3.8, 4) is 0 Å². The van der Waals surface area contributed by atoms with Crippen LogP contribution in [0.25, 0.3) is 0 Å². The lowest BCUT2D eigenvalue weighted by atomic mass is 10.1. The predicted octanol–water partition coefficient (Wildman–Crippen LogP) is 4.30. The third-order valence-electron chi connectivity index (χ3n) is 4.05. The quantitative estimate of drug-likeness (QED) is 0.704. The largest absolute Gasteiger partial charge is 0.372 e. The maximum absolute atomic E-state index is 14.6. The molecule has 0 radical (unpaired) electrons. The van der Waals surface area contributed by atoms with Gasteiger partial charge in [0, 0.05) is 27.9 Å². The van der Waals surface area contributed by atoms with Gasteiger partial charge in [-0.15, -0.1) is 0 Å². The first-order valence-corrected chi connectivity index (χ1v) is 9.27. The highest BCUT2D eigenvalue weighted by Gasteiger charge is 2.24. The van der Waals surface area contributed by atoms with E-state index in [2.05, 4.69) is 27.9 Å². The monoisotopic (exact) mass is 454 g/mol. The highest BCUT2D eigenvalue weighted by molar-refractivity contribution is 14.1. The van der Waals surface area contributed by atoms with E-state index in [0.717, 1.165) is 3.57 Å². The number of benzene rings is 2. The van der Waals surface area contributed by atoms with Crippen molar-refractivity contribution in [1.29, 1.82) is 0 Å². The van der Waals surface area contributed by atoms with Crippen LogP contribution >= 0.6 is 22.6 Å². The average Bonchev–Trinajstić information content (AvgIpc) is 2.54. The number of halogens is 2. The Hall–Kier alpha value is -1.67. The molecule has 1 amide bonds. The lowest BCUT2D eigenvalue weighted by Crippen LogP contribution is -2.45. The first-order valence-electron chi connectivity index (χ1n) is 8.19. The molecular weight excluding hydrogens is 434 g/mol. The van der Waals surface area contributed by atoms with E-state index in [1.54, 1.807) is 24.3 Å². The van der Waals surface area contributed by atoms with Crippen LogP contribution < -0.4 is 10.2 Å². The van der Waals surface area contributed by atoms with Crippen LogP contribution in [-0.4, -0.2) is 31.2 Å². The van der Waals surface area contributed by atoms with E-state index < -0.39 is 0 Å². The van der Waals surface area contributed by atoms with Gasteiger partial charge in [0.15, 0.2) is 0 Å². The van der Waals surface area contributed by atoms with Crippen molar-refractivity contribution >= 4 is 39.9 Å². The summed E-state index contributed by atoms with van der Waals surface area (Å²) in [6.45, 7) is 5.26. The number of hydrogen-bond acceptors (Lipinski definition) is 3. The van der Waals surface area contributed by atoms with Crippen LogP contribution in [0.15, 0.2) is 42.5 Å². The molecule has 0 aliphatic carbocycles. The minimum Gasteiger partial charge on any atom is -0.372 e. The van der Waals surface area contributed by atoms with Gasteiger partial charge in [0.25, 0.3) is 5.91 Å². The molecular formula is C19H20FIN2O2. The lowest BCUT2D eigenvalue weighted by molar-refractivity contribution is -0.00539. The van der Waals surface area contributed by atoms with Gasteiger partial charge in [-0.25, -0.2) is 4.39 Å². The van der Waals surface area contributed by atoms with Crippen LogP contribution in [0, 0.1) is 9.39 Å². The van der Waals surface area contributed by atoms with Crippen LogP contribution in [0.4, 0.5) is 15.8 Å². The Labute approximate surface area is 160 Å². The molecule has 2 atom stereocenters. The summed E-state index contributed by atoms with van der Waals surface area (Å²) in [5, 5.41) is 2.75. The second-order valence-electron chi connectivity index (χ2n) is 6.29. The summed E-state index contributed by atoms with van der Waals surface area (Å²) in [6.07, 6.45) is 0.117. The molecule has 2 unspecified atom stereocenters. The van der Waals surface area contributed by atoms with Crippen molar-refractivity contribution in [2.45, 2.75) is 26.1 Å². The van der Waals surface area contributed by atoms with Crippen LogP contribution in [0.2, 0.25) is 0 Å². The number of carbonyl (C=O) groups excluding carboxylic acids is 1. The molecule has 4 nitrogen and oxygen atoms in total. The van der Waals surface area contributed by atoms with E-state index in [4.69, 9.17) is 4.74 Å². The fourth-order valence-electron chi connectivity index (χ4n) is 3.05. The first kappa shape index (κ1) is 18.1. The molecule has 0 aromatic heterocycles. The standard InChI is InChI=1S/C19H20FIN2O2/c1-12-10-23(11-13(2)25-12)18-7-6-16(9-17(18)20)22-19(24)14-4-3-5-15(21)8-14/h3-9,12-13H,10-11H2,1-2H3,(H,22,24). The highest BCUT2D eigenvalue weighted by Crippen LogP contribution is 2.26. The van der Waals surface area contributed by atoms with Crippen LogP contribution in [0.3, 0.4) is 0 Å². The molecule has 25 heavy (non-hydrogen) atoms. The van der Waals surface area contributed by atoms with Crippen molar-refractivity contribution in [3.63, 3.8) is 0 Å². The number of ether oxygens (including phenoxy) is 1. The van der Waals surface area contributed by atoms with Gasteiger partial charge < -0.3 is 15.0 Å². The maximum Gasteiger partial charge on any atom is 0.255 e. The fourth-order valence-corrected chi connectivity index (χ4v) is 3.59. The second-order valence-corrected chi connectivity index (χ2v) is 7.54. The second kappa shape index (κ2) is 7.70. The molecule has 1 N–H and O–H groups in total. The average molecular weight is 454 g/mol. The third kappa shape index (κ3) is 4.49. The third-order valence-corrected chi connectivity index (χ3v) is 4.72. The zero-order chi connectivity index (χ0) is 18.0. The molecule has 132 valence electrons. The molecule has 1 saturated heterocycles. The Morgan fingerprint density at radius 3 is 2.56 bits per heavy atom. The lowest BCUT2D eigenvalue weighted by Gasteiger charge is -2.37. The van der Waals surface area contributed by atoms with Crippen LogP contribution in [0.1, 0.15) is 24.2 Å². The van der Waals surface area contributed by atoms with Gasteiger partial charge >= 0.3 is 0 Å². The van der Waals surface area contributed by atoms with Crippen molar-refractivity contribution in [1.82, 2.24) is 0 Å². The van der Waals surface area contributed by atoms with Crippen LogP contribution in [0.5, 0.6) is 0 Å². The van der Waals surface area contributed by atoms with Gasteiger partial charge in [0.05, 0.1) is 17.9 Å². The van der Waals surface area contributed by atoms with Crippen molar-refractivity contribution in [3.05, 3.63) is 57.4 Å². The van der Waals surface area contributed by atoms with Gasteiger partial charge in [0.2, 0.25) is 0 Å². The van der Waals surface area contributed by atoms with Gasteiger partial charge in [-0.3, -0.25) is 4.79 Å². The van der Waals surface area contributed by atoms with Crippen LogP contribution in [-0.2, 0) is 4.74 Å². The summed E-state index contributed by atoms with van der Waals surface area (Å²) >= 11 is 2.15. The van der Waals surface area contributed by atoms with E-state index in [9.17, 15) is 9.18 Å². The zero-order valence-corrected chi connectivity index (χ0v) is 16.3. The van der Waals surface area contributed by atoms with Gasteiger partial charge in [0.1, 0.15) is 5.82 Å². The van der Waals surface area contributed by atoms with E-state index in [-0.39, 0.29) is 23.9 Å². The van der Waals surface area contributed by atoms with E-state index in [1.165, 1.54) is 6.07 Å². The summed E-state index contributed by atoms with van der Waals surface area (Å²) in [4.78, 5) is 14.3. The molecule has 0 bridgehead atoms. The van der Waals surface area contributed by atoms with E-state index >= 15 is 0 Å². The molecule has 3 rings (SSSR count). The molecule has 1 aliphatic heterocycles. The number of rotatable bonds is 3. The summed E-state index contributed by atoms with van der Waals surface area (Å²) in [7, 11) is 0. The normalized spacial score (nSPS) is 20.4. The summed E-state index contributed by atoms with van der Waals surface area (Å²) in [6, 6.07) is 12.1. The smallest absolute Gasteiger partial charge is 0.255 e. The minimum absolute atomic E-state index is 0.0584. The van der Waals surface area contributed by atoms with Gasteiger partial charge in [-0.05, 0) is 72.8 Å². The van der Waals surface area contributed by atoms with Gasteiger partial charge in [-0.1, -0.05) is 6.07 Å². The molecule has 2 aromatic rings.